The largest absolute Gasteiger partial charge is 0.466 e. The molecule has 0 aliphatic heterocycles. The van der Waals surface area contributed by atoms with Crippen LogP contribution in [0.4, 0.5) is 0 Å². The van der Waals surface area contributed by atoms with Gasteiger partial charge in [-0.1, -0.05) is 0 Å². The van der Waals surface area contributed by atoms with E-state index in [1.54, 1.807) is 6.92 Å². The zero-order chi connectivity index (χ0) is 6.99. The summed E-state index contributed by atoms with van der Waals surface area (Å²) in [5.74, 6) is -0.211. The monoisotopic (exact) mass is 139 g/mol. The van der Waals surface area contributed by atoms with Crippen LogP contribution in [0.1, 0.15) is 13.8 Å². The molecule has 0 atom stereocenters. The van der Waals surface area contributed by atoms with E-state index in [-0.39, 0.29) is 5.97 Å². The molecule has 0 rings (SSSR count). The molecule has 0 amide bonds. The van der Waals surface area contributed by atoms with Crippen LogP contribution < -0.4 is 0 Å². The van der Waals surface area contributed by atoms with Crippen molar-refractivity contribution in [1.82, 2.24) is 0 Å². The van der Waals surface area contributed by atoms with Gasteiger partial charge in [0.15, 0.2) is 0 Å². The zero-order valence-electron chi connectivity index (χ0n) is 4.81. The molecule has 0 saturated carbocycles. The molecule has 0 aromatic carbocycles. The standard InChI is InChI=1S/C4H8O2.ClO/c1-3-6-4(2)5;1-2/h3H2,1-2H3;. The Morgan fingerprint density at radius 2 is 2.00 bits per heavy atom. The Bertz CT molecular complexity index is 55.2. The second kappa shape index (κ2) is 9.87. The first-order valence-corrected chi connectivity index (χ1v) is 2.37. The molecule has 0 heterocycles. The van der Waals surface area contributed by atoms with Crippen molar-refractivity contribution >= 4 is 17.8 Å². The molecule has 0 aliphatic carbocycles. The highest BCUT2D eigenvalue weighted by Crippen LogP contribution is 1.69. The van der Waals surface area contributed by atoms with Crippen molar-refractivity contribution in [3.63, 3.8) is 0 Å². The van der Waals surface area contributed by atoms with Crippen LogP contribution in [0.2, 0.25) is 0 Å². The van der Waals surface area contributed by atoms with E-state index in [9.17, 15) is 4.79 Å². The summed E-state index contributed by atoms with van der Waals surface area (Å²) in [6, 6.07) is 0. The minimum Gasteiger partial charge on any atom is -0.466 e. The summed E-state index contributed by atoms with van der Waals surface area (Å²) < 4.78 is 12.1. The lowest BCUT2D eigenvalue weighted by Gasteiger charge is -1.89. The van der Waals surface area contributed by atoms with Gasteiger partial charge in [-0.15, -0.1) is 4.66 Å². The minimum atomic E-state index is -0.211. The summed E-state index contributed by atoms with van der Waals surface area (Å²) in [5, 5.41) is 0. The third-order valence-corrected chi connectivity index (χ3v) is 0.348. The lowest BCUT2D eigenvalue weighted by atomic mass is 10.8. The van der Waals surface area contributed by atoms with Gasteiger partial charge in [0.05, 0.1) is 6.61 Å². The molecule has 0 saturated heterocycles. The SMILES string of the molecule is CCOC(C)=O.[O]Cl. The summed E-state index contributed by atoms with van der Waals surface area (Å²) in [7, 11) is 0. The Morgan fingerprint density at radius 3 is 2.00 bits per heavy atom. The molecule has 0 unspecified atom stereocenters. The molecule has 0 N–H and O–H groups in total. The van der Waals surface area contributed by atoms with Gasteiger partial charge in [-0.05, 0) is 6.92 Å². The van der Waals surface area contributed by atoms with Gasteiger partial charge < -0.3 is 4.74 Å². The van der Waals surface area contributed by atoms with Crippen molar-refractivity contribution in [2.45, 2.75) is 13.8 Å². The molecule has 0 fully saturated rings. The molecule has 0 aromatic rings. The van der Waals surface area contributed by atoms with Crippen LogP contribution in [-0.4, -0.2) is 12.6 Å². The molecule has 4 heteroatoms. The number of hydrogen-bond acceptors (Lipinski definition) is 2. The van der Waals surface area contributed by atoms with Gasteiger partial charge in [-0.25, -0.2) is 0 Å². The molecule has 0 bridgehead atoms. The van der Waals surface area contributed by atoms with E-state index in [0.29, 0.717) is 6.61 Å². The van der Waals surface area contributed by atoms with Crippen molar-refractivity contribution in [3.8, 4) is 0 Å². The van der Waals surface area contributed by atoms with Gasteiger partial charge in [-0.2, -0.15) is 0 Å². The van der Waals surface area contributed by atoms with Crippen molar-refractivity contribution in [1.29, 1.82) is 0 Å². The summed E-state index contributed by atoms with van der Waals surface area (Å²) in [6.45, 7) is 3.65. The molecular formula is C4H8ClO3. The highest BCUT2D eigenvalue weighted by Gasteiger charge is 1.81. The fourth-order valence-corrected chi connectivity index (χ4v) is 0.203. The van der Waals surface area contributed by atoms with E-state index in [0.717, 1.165) is 0 Å². The second-order valence-corrected chi connectivity index (χ2v) is 0.925. The van der Waals surface area contributed by atoms with Crippen molar-refractivity contribution in [3.05, 3.63) is 0 Å². The number of ether oxygens (including phenoxy) is 1. The zero-order valence-corrected chi connectivity index (χ0v) is 5.57. The van der Waals surface area contributed by atoms with E-state index in [1.165, 1.54) is 6.92 Å². The molecule has 0 spiro atoms. The van der Waals surface area contributed by atoms with Gasteiger partial charge in [0.2, 0.25) is 0 Å². The third-order valence-electron chi connectivity index (χ3n) is 0.348. The lowest BCUT2D eigenvalue weighted by molar-refractivity contribution is -0.140. The van der Waals surface area contributed by atoms with Crippen LogP contribution in [-0.2, 0) is 14.2 Å². The maximum atomic E-state index is 9.82. The maximum Gasteiger partial charge on any atom is 0.302 e. The highest BCUT2D eigenvalue weighted by molar-refractivity contribution is 6.04. The topological polar surface area (TPSA) is 46.2 Å². The first kappa shape index (κ1) is 10.7. The van der Waals surface area contributed by atoms with Crippen molar-refractivity contribution in [2.24, 2.45) is 0 Å². The molecule has 0 aromatic heterocycles. The molecule has 3 nitrogen and oxygen atoms in total. The Hall–Kier alpha value is -0.280. The maximum absolute atomic E-state index is 9.82. The van der Waals surface area contributed by atoms with Gasteiger partial charge in [0, 0.05) is 6.92 Å². The van der Waals surface area contributed by atoms with Crippen LogP contribution in [0.3, 0.4) is 0 Å². The molecule has 0 aliphatic rings. The van der Waals surface area contributed by atoms with Gasteiger partial charge in [0.25, 0.3) is 0 Å². The molecule has 1 radical (unpaired) electrons. The van der Waals surface area contributed by atoms with E-state index >= 15 is 0 Å². The van der Waals surface area contributed by atoms with Gasteiger partial charge >= 0.3 is 5.97 Å². The minimum absolute atomic E-state index is 0.211. The van der Waals surface area contributed by atoms with Crippen molar-refractivity contribution in [2.75, 3.05) is 6.61 Å². The van der Waals surface area contributed by atoms with Crippen LogP contribution in [0, 0.1) is 0 Å². The molecular weight excluding hydrogens is 131 g/mol. The van der Waals surface area contributed by atoms with Crippen LogP contribution in [0.5, 0.6) is 0 Å². The number of rotatable bonds is 1. The van der Waals surface area contributed by atoms with Crippen molar-refractivity contribution < 1.29 is 14.2 Å². The quantitative estimate of drug-likeness (QED) is 0.512. The van der Waals surface area contributed by atoms with Crippen LogP contribution in [0.25, 0.3) is 0 Å². The summed E-state index contributed by atoms with van der Waals surface area (Å²) >= 11 is 3.39. The fourth-order valence-electron chi connectivity index (χ4n) is 0.203. The Morgan fingerprint density at radius 1 is 1.62 bits per heavy atom. The smallest absolute Gasteiger partial charge is 0.302 e. The predicted octanol–water partition coefficient (Wildman–Crippen LogP) is 1.14. The van der Waals surface area contributed by atoms with E-state index in [1.807, 2.05) is 0 Å². The molecule has 8 heavy (non-hydrogen) atoms. The molecule has 49 valence electrons. The van der Waals surface area contributed by atoms with Gasteiger partial charge in [0.1, 0.15) is 11.9 Å². The van der Waals surface area contributed by atoms with E-state index < -0.39 is 0 Å². The van der Waals surface area contributed by atoms with Gasteiger partial charge in [-0.3, -0.25) is 4.79 Å². The first-order chi connectivity index (χ1) is 3.77. The Kier molecular flexibility index (Phi) is 13.1. The van der Waals surface area contributed by atoms with Crippen LogP contribution >= 0.6 is 11.9 Å². The Balaban J connectivity index is 0. The van der Waals surface area contributed by atoms with E-state index in [4.69, 9.17) is 4.66 Å². The second-order valence-electron chi connectivity index (χ2n) is 0.925. The average molecular weight is 140 g/mol. The number of esters is 1. The number of halogens is 1. The number of carbonyl (C=O) groups excluding carboxylic acids is 1. The highest BCUT2D eigenvalue weighted by atomic mass is 35.5. The van der Waals surface area contributed by atoms with E-state index in [2.05, 4.69) is 16.6 Å². The fraction of sp³-hybridized carbons (Fsp3) is 0.750. The lowest BCUT2D eigenvalue weighted by Crippen LogP contribution is -1.95. The summed E-state index contributed by atoms with van der Waals surface area (Å²) in [6.07, 6.45) is 0. The Labute approximate surface area is 53.4 Å². The third kappa shape index (κ3) is 17.2. The first-order valence-electron chi connectivity index (χ1n) is 2.06. The summed E-state index contributed by atoms with van der Waals surface area (Å²) in [4.78, 5) is 9.82. The normalized spacial score (nSPS) is 6.50. The average Bonchev–Trinajstić information content (AvgIpc) is 1.72. The summed E-state index contributed by atoms with van der Waals surface area (Å²) in [5.41, 5.74) is 0. The predicted molar refractivity (Wildman–Crippen MR) is 28.8 cm³/mol. The number of hydrogen-bond donors (Lipinski definition) is 0. The number of carbonyl (C=O) groups is 1. The van der Waals surface area contributed by atoms with Crippen LogP contribution in [0.15, 0.2) is 0 Å².